The van der Waals surface area contributed by atoms with Gasteiger partial charge < -0.3 is 10.1 Å². The number of hydrogen-bond acceptors (Lipinski definition) is 6. The number of hydrogen-bond donors (Lipinski definition) is 2. The van der Waals surface area contributed by atoms with E-state index < -0.39 is 10.0 Å². The summed E-state index contributed by atoms with van der Waals surface area (Å²) < 4.78 is 32.8. The molecule has 3 rings (SSSR count). The van der Waals surface area contributed by atoms with Gasteiger partial charge in [-0.3, -0.25) is 9.52 Å². The second-order valence-corrected chi connectivity index (χ2v) is 7.13. The third-order valence-corrected chi connectivity index (χ3v) is 4.93. The molecule has 0 unspecified atom stereocenters. The molecule has 2 N–H and O–H groups in total. The number of pyridine rings is 2. The van der Waals surface area contributed by atoms with E-state index in [4.69, 9.17) is 4.74 Å². The second kappa shape index (κ2) is 6.99. The van der Waals surface area contributed by atoms with Crippen molar-refractivity contribution in [2.75, 3.05) is 12.4 Å². The molecule has 1 aliphatic carbocycles. The molecule has 0 fully saturated rings. The molecule has 0 saturated carbocycles. The highest BCUT2D eigenvalue weighted by Gasteiger charge is 2.23. The van der Waals surface area contributed by atoms with E-state index in [1.807, 2.05) is 0 Å². The standard InChI is InChI=1S/C17H16N4O4S/c1-11(22)20-16-9-12(6-7-18-16)13-8-15(17(25-2)19-10-13)26(23,24)21-14-4-3-5-14/h3,6-10,21H,4H2,1-2H3,(H,18,20,22). The van der Waals surface area contributed by atoms with E-state index in [1.54, 1.807) is 18.2 Å². The van der Waals surface area contributed by atoms with Gasteiger partial charge >= 0.3 is 0 Å². The fourth-order valence-electron chi connectivity index (χ4n) is 2.29. The van der Waals surface area contributed by atoms with Crippen LogP contribution in [0.3, 0.4) is 0 Å². The Bertz CT molecular complexity index is 1040. The molecular weight excluding hydrogens is 356 g/mol. The third-order valence-electron chi connectivity index (χ3n) is 3.54. The normalized spacial score (nSPS) is 12.8. The highest BCUT2D eigenvalue weighted by atomic mass is 32.2. The van der Waals surface area contributed by atoms with Gasteiger partial charge in [0, 0.05) is 31.3 Å². The van der Waals surface area contributed by atoms with Crippen molar-refractivity contribution < 1.29 is 17.9 Å². The number of carbonyl (C=O) groups excluding carboxylic acids is 1. The van der Waals surface area contributed by atoms with Crippen LogP contribution in [0.2, 0.25) is 0 Å². The summed E-state index contributed by atoms with van der Waals surface area (Å²) in [6.45, 7) is 1.38. The minimum absolute atomic E-state index is 0.0127. The van der Waals surface area contributed by atoms with Gasteiger partial charge in [0.05, 0.1) is 12.8 Å². The second-order valence-electron chi connectivity index (χ2n) is 5.48. The Morgan fingerprint density at radius 1 is 1.27 bits per heavy atom. The highest BCUT2D eigenvalue weighted by molar-refractivity contribution is 7.89. The zero-order valence-electron chi connectivity index (χ0n) is 14.1. The molecule has 1 aliphatic rings. The molecule has 0 radical (unpaired) electrons. The van der Waals surface area contributed by atoms with Crippen LogP contribution in [0.25, 0.3) is 11.1 Å². The maximum atomic E-state index is 12.6. The molecule has 9 heteroatoms. The van der Waals surface area contributed by atoms with Crippen LogP contribution in [0, 0.1) is 0 Å². The Morgan fingerprint density at radius 2 is 2.04 bits per heavy atom. The molecule has 0 aromatic carbocycles. The van der Waals surface area contributed by atoms with Gasteiger partial charge in [-0.05, 0) is 29.8 Å². The molecule has 0 atom stereocenters. The number of ether oxygens (including phenoxy) is 1. The van der Waals surface area contributed by atoms with Crippen molar-refractivity contribution in [2.45, 2.75) is 18.2 Å². The molecule has 2 aromatic rings. The Balaban J connectivity index is 2.02. The Labute approximate surface area is 150 Å². The third kappa shape index (κ3) is 3.74. The highest BCUT2D eigenvalue weighted by Crippen LogP contribution is 2.29. The molecule has 0 saturated heterocycles. The summed E-state index contributed by atoms with van der Waals surface area (Å²) in [5.41, 5.74) is 4.44. The molecule has 0 aliphatic heterocycles. The predicted molar refractivity (Wildman–Crippen MR) is 94.9 cm³/mol. The Hall–Kier alpha value is -3.16. The van der Waals surface area contributed by atoms with Crippen LogP contribution in [-0.2, 0) is 14.8 Å². The summed E-state index contributed by atoms with van der Waals surface area (Å²) in [6.07, 6.45) is 5.25. The smallest absolute Gasteiger partial charge is 0.267 e. The number of methoxy groups -OCH3 is 1. The quantitative estimate of drug-likeness (QED) is 0.749. The van der Waals surface area contributed by atoms with E-state index >= 15 is 0 Å². The lowest BCUT2D eigenvalue weighted by Gasteiger charge is -2.14. The van der Waals surface area contributed by atoms with Crippen LogP contribution in [0.5, 0.6) is 5.88 Å². The number of aromatic nitrogens is 2. The van der Waals surface area contributed by atoms with E-state index in [0.29, 0.717) is 29.1 Å². The largest absolute Gasteiger partial charge is 0.480 e. The maximum Gasteiger partial charge on any atom is 0.267 e. The molecular formula is C17H16N4O4S. The minimum Gasteiger partial charge on any atom is -0.480 e. The first kappa shape index (κ1) is 17.7. The van der Waals surface area contributed by atoms with Gasteiger partial charge in [0.1, 0.15) is 10.7 Å². The van der Waals surface area contributed by atoms with Gasteiger partial charge in [-0.2, -0.15) is 0 Å². The first-order valence-electron chi connectivity index (χ1n) is 7.64. The van der Waals surface area contributed by atoms with Gasteiger partial charge in [0.15, 0.2) is 0 Å². The molecule has 2 heterocycles. The molecule has 2 aromatic heterocycles. The summed E-state index contributed by atoms with van der Waals surface area (Å²) >= 11 is 0. The van der Waals surface area contributed by atoms with E-state index in [-0.39, 0.29) is 16.7 Å². The number of nitrogens with zero attached hydrogens (tertiary/aromatic N) is 2. The van der Waals surface area contributed by atoms with E-state index in [0.717, 1.165) is 0 Å². The summed E-state index contributed by atoms with van der Waals surface area (Å²) in [5.74, 6) is 0.0937. The maximum absolute atomic E-state index is 12.6. The van der Waals surface area contributed by atoms with Gasteiger partial charge in [-0.15, -0.1) is 5.73 Å². The molecule has 26 heavy (non-hydrogen) atoms. The first-order valence-corrected chi connectivity index (χ1v) is 9.12. The topological polar surface area (TPSA) is 110 Å². The zero-order valence-corrected chi connectivity index (χ0v) is 14.9. The van der Waals surface area contributed by atoms with Crippen molar-refractivity contribution in [3.8, 4) is 17.0 Å². The van der Waals surface area contributed by atoms with Crippen LogP contribution in [0.4, 0.5) is 5.82 Å². The van der Waals surface area contributed by atoms with Crippen LogP contribution in [-0.4, -0.2) is 31.4 Å². The number of amides is 1. The van der Waals surface area contributed by atoms with Crippen LogP contribution >= 0.6 is 0 Å². The number of carbonyl (C=O) groups is 1. The van der Waals surface area contributed by atoms with Gasteiger partial charge in [0.2, 0.25) is 11.8 Å². The number of sulfonamides is 1. The Morgan fingerprint density at radius 3 is 2.65 bits per heavy atom. The lowest BCUT2D eigenvalue weighted by atomic mass is 10.1. The zero-order chi connectivity index (χ0) is 18.7. The summed E-state index contributed by atoms with van der Waals surface area (Å²) in [6, 6.07) is 4.78. The molecule has 1 amide bonds. The monoisotopic (exact) mass is 372 g/mol. The number of rotatable bonds is 6. The van der Waals surface area contributed by atoms with Gasteiger partial charge in [-0.1, -0.05) is 0 Å². The number of nitrogens with one attached hydrogen (secondary N) is 2. The Kier molecular flexibility index (Phi) is 4.75. The fraction of sp³-hybridized carbons (Fsp3) is 0.176. The SMILES string of the molecule is COc1ncc(-c2ccnc(NC(C)=O)c2)cc1S(=O)(=O)NC1=C=CC1. The first-order chi connectivity index (χ1) is 12.4. The summed E-state index contributed by atoms with van der Waals surface area (Å²) in [5, 5.41) is 2.58. The van der Waals surface area contributed by atoms with Crippen molar-refractivity contribution in [3.05, 3.63) is 48.1 Å². The van der Waals surface area contributed by atoms with Crippen molar-refractivity contribution >= 4 is 21.7 Å². The van der Waals surface area contributed by atoms with Crippen LogP contribution < -0.4 is 14.8 Å². The van der Waals surface area contributed by atoms with Crippen molar-refractivity contribution in [2.24, 2.45) is 0 Å². The van der Waals surface area contributed by atoms with Gasteiger partial charge in [0.25, 0.3) is 10.0 Å². The number of anilines is 1. The van der Waals surface area contributed by atoms with Crippen LogP contribution in [0.15, 0.2) is 53.0 Å². The van der Waals surface area contributed by atoms with E-state index in [2.05, 4.69) is 25.7 Å². The molecule has 134 valence electrons. The van der Waals surface area contributed by atoms with Crippen molar-refractivity contribution in [3.63, 3.8) is 0 Å². The molecule has 0 spiro atoms. The lowest BCUT2D eigenvalue weighted by molar-refractivity contribution is -0.114. The average Bonchev–Trinajstić information content (AvgIpc) is 2.57. The summed E-state index contributed by atoms with van der Waals surface area (Å²) in [4.78, 5) is 19.2. The average molecular weight is 372 g/mol. The predicted octanol–water partition coefficient (Wildman–Crippen LogP) is 1.83. The van der Waals surface area contributed by atoms with Crippen molar-refractivity contribution in [1.82, 2.24) is 14.7 Å². The fourth-order valence-corrected chi connectivity index (χ4v) is 3.51. The van der Waals surface area contributed by atoms with E-state index in [9.17, 15) is 13.2 Å². The van der Waals surface area contributed by atoms with E-state index in [1.165, 1.54) is 32.5 Å². The van der Waals surface area contributed by atoms with Crippen LogP contribution in [0.1, 0.15) is 13.3 Å². The van der Waals surface area contributed by atoms with Crippen molar-refractivity contribution in [1.29, 1.82) is 0 Å². The molecule has 0 bridgehead atoms. The molecule has 8 nitrogen and oxygen atoms in total. The van der Waals surface area contributed by atoms with Gasteiger partial charge in [-0.25, -0.2) is 18.4 Å². The lowest BCUT2D eigenvalue weighted by Crippen LogP contribution is -2.24. The summed E-state index contributed by atoms with van der Waals surface area (Å²) in [7, 11) is -2.51. The minimum atomic E-state index is -3.87.